The van der Waals surface area contributed by atoms with E-state index in [0.717, 1.165) is 36.1 Å². The van der Waals surface area contributed by atoms with Crippen LogP contribution in [0.3, 0.4) is 0 Å². The van der Waals surface area contributed by atoms with Gasteiger partial charge in [-0.15, -0.1) is 0 Å². The summed E-state index contributed by atoms with van der Waals surface area (Å²) in [6.45, 7) is 4.22. The molecule has 2 aromatic rings. The third-order valence-electron chi connectivity index (χ3n) is 5.39. The third-order valence-corrected chi connectivity index (χ3v) is 5.59. The number of aryl methyl sites for hydroxylation is 1. The molecule has 3 rings (SSSR count). The molecular formula is C20H26ClN3O. The Morgan fingerprint density at radius 1 is 1.32 bits per heavy atom. The van der Waals surface area contributed by atoms with E-state index >= 15 is 0 Å². The van der Waals surface area contributed by atoms with Crippen LogP contribution in [0, 0.1) is 6.92 Å². The molecule has 1 saturated carbocycles. The fraction of sp³-hybridized carbons (Fsp3) is 0.500. The Morgan fingerprint density at radius 3 is 2.72 bits per heavy atom. The SMILES string of the molecule is CCC1(NC(=O)Cc2cc(-n3cc(Cl)cn3)ccc2C)CCCCC1. The van der Waals surface area contributed by atoms with Gasteiger partial charge in [-0.05, 0) is 49.4 Å². The molecule has 0 radical (unpaired) electrons. The van der Waals surface area contributed by atoms with Crippen molar-refractivity contribution in [3.8, 4) is 5.69 Å². The number of rotatable bonds is 5. The summed E-state index contributed by atoms with van der Waals surface area (Å²) in [5.41, 5.74) is 3.06. The largest absolute Gasteiger partial charge is 0.350 e. The lowest BCUT2D eigenvalue weighted by atomic mass is 9.79. The summed E-state index contributed by atoms with van der Waals surface area (Å²) in [6.07, 6.45) is 10.7. The average molecular weight is 360 g/mol. The van der Waals surface area contributed by atoms with Crippen LogP contribution in [0.15, 0.2) is 30.6 Å². The summed E-state index contributed by atoms with van der Waals surface area (Å²) in [7, 11) is 0. The normalized spacial score (nSPS) is 16.6. The molecule has 0 atom stereocenters. The van der Waals surface area contributed by atoms with E-state index in [1.54, 1.807) is 17.1 Å². The van der Waals surface area contributed by atoms with Crippen LogP contribution in [0.4, 0.5) is 0 Å². The number of halogens is 1. The molecule has 1 N–H and O–H groups in total. The first-order chi connectivity index (χ1) is 12.0. The molecule has 0 aliphatic heterocycles. The lowest BCUT2D eigenvalue weighted by Gasteiger charge is -2.37. The van der Waals surface area contributed by atoms with Gasteiger partial charge in [-0.1, -0.05) is 43.9 Å². The van der Waals surface area contributed by atoms with E-state index in [2.05, 4.69) is 17.3 Å². The minimum atomic E-state index is -0.00361. The maximum absolute atomic E-state index is 12.7. The van der Waals surface area contributed by atoms with Crippen LogP contribution >= 0.6 is 11.6 Å². The van der Waals surface area contributed by atoms with Crippen LogP contribution in [0.5, 0.6) is 0 Å². The predicted molar refractivity (Wildman–Crippen MR) is 101 cm³/mol. The Kier molecular flexibility index (Phi) is 5.48. The number of carbonyl (C=O) groups is 1. The Hall–Kier alpha value is -1.81. The van der Waals surface area contributed by atoms with E-state index in [1.165, 1.54) is 19.3 Å². The number of nitrogens with zero attached hydrogens (tertiary/aromatic N) is 2. The Morgan fingerprint density at radius 2 is 2.08 bits per heavy atom. The van der Waals surface area contributed by atoms with E-state index < -0.39 is 0 Å². The molecule has 1 aliphatic rings. The first kappa shape index (κ1) is 18.0. The van der Waals surface area contributed by atoms with Gasteiger partial charge in [0.05, 0.1) is 23.3 Å². The summed E-state index contributed by atoms with van der Waals surface area (Å²) in [6, 6.07) is 6.05. The average Bonchev–Trinajstić information content (AvgIpc) is 3.04. The highest BCUT2D eigenvalue weighted by Crippen LogP contribution is 2.31. The Balaban J connectivity index is 1.74. The van der Waals surface area contributed by atoms with E-state index in [1.807, 2.05) is 25.1 Å². The topological polar surface area (TPSA) is 46.9 Å². The molecule has 0 spiro atoms. The van der Waals surface area contributed by atoms with Gasteiger partial charge < -0.3 is 5.32 Å². The second-order valence-corrected chi connectivity index (χ2v) is 7.57. The molecule has 1 aromatic carbocycles. The molecule has 25 heavy (non-hydrogen) atoms. The molecule has 0 unspecified atom stereocenters. The summed E-state index contributed by atoms with van der Waals surface area (Å²) < 4.78 is 1.73. The van der Waals surface area contributed by atoms with Crippen molar-refractivity contribution in [1.82, 2.24) is 15.1 Å². The van der Waals surface area contributed by atoms with Gasteiger partial charge in [0.2, 0.25) is 5.91 Å². The van der Waals surface area contributed by atoms with E-state index in [4.69, 9.17) is 11.6 Å². The second kappa shape index (κ2) is 7.61. The van der Waals surface area contributed by atoms with Gasteiger partial charge in [0.1, 0.15) is 0 Å². The van der Waals surface area contributed by atoms with Gasteiger partial charge in [0.25, 0.3) is 0 Å². The summed E-state index contributed by atoms with van der Waals surface area (Å²) in [5, 5.41) is 8.18. The highest BCUT2D eigenvalue weighted by atomic mass is 35.5. The predicted octanol–water partition coefficient (Wildman–Crippen LogP) is 4.61. The van der Waals surface area contributed by atoms with Crippen molar-refractivity contribution in [3.05, 3.63) is 46.7 Å². The zero-order chi connectivity index (χ0) is 17.9. The lowest BCUT2D eigenvalue weighted by Crippen LogP contribution is -2.49. The molecule has 134 valence electrons. The monoisotopic (exact) mass is 359 g/mol. The number of carbonyl (C=O) groups excluding carboxylic acids is 1. The Bertz CT molecular complexity index is 747. The maximum Gasteiger partial charge on any atom is 0.224 e. The molecule has 5 heteroatoms. The quantitative estimate of drug-likeness (QED) is 0.847. The second-order valence-electron chi connectivity index (χ2n) is 7.13. The van der Waals surface area contributed by atoms with Gasteiger partial charge in [-0.25, -0.2) is 4.68 Å². The maximum atomic E-state index is 12.7. The molecule has 1 aliphatic carbocycles. The van der Waals surface area contributed by atoms with Gasteiger partial charge in [0.15, 0.2) is 0 Å². The van der Waals surface area contributed by atoms with Crippen molar-refractivity contribution < 1.29 is 4.79 Å². The summed E-state index contributed by atoms with van der Waals surface area (Å²) in [4.78, 5) is 12.7. The molecule has 1 amide bonds. The molecular weight excluding hydrogens is 334 g/mol. The standard InChI is InChI=1S/C20H26ClN3O/c1-3-20(9-5-4-6-10-20)23-19(25)12-16-11-18(8-7-15(16)2)24-14-17(21)13-22-24/h7-8,11,13-14H,3-6,9-10,12H2,1-2H3,(H,23,25). The number of nitrogens with one attached hydrogen (secondary N) is 1. The first-order valence-corrected chi connectivity index (χ1v) is 9.50. The third kappa shape index (κ3) is 4.24. The lowest BCUT2D eigenvalue weighted by molar-refractivity contribution is -0.122. The summed E-state index contributed by atoms with van der Waals surface area (Å²) >= 11 is 5.96. The van der Waals surface area contributed by atoms with E-state index in [9.17, 15) is 4.79 Å². The zero-order valence-corrected chi connectivity index (χ0v) is 15.8. The molecule has 0 saturated heterocycles. The minimum Gasteiger partial charge on any atom is -0.350 e. The van der Waals surface area contributed by atoms with E-state index in [0.29, 0.717) is 11.4 Å². The van der Waals surface area contributed by atoms with Crippen LogP contribution < -0.4 is 5.32 Å². The highest BCUT2D eigenvalue weighted by Gasteiger charge is 2.31. The van der Waals surface area contributed by atoms with Crippen LogP contribution in [0.25, 0.3) is 5.69 Å². The molecule has 1 fully saturated rings. The van der Waals surface area contributed by atoms with Crippen molar-refractivity contribution in [2.24, 2.45) is 0 Å². The van der Waals surface area contributed by atoms with Gasteiger partial charge in [-0.2, -0.15) is 5.10 Å². The molecule has 4 nitrogen and oxygen atoms in total. The zero-order valence-electron chi connectivity index (χ0n) is 15.0. The van der Waals surface area contributed by atoms with Crippen molar-refractivity contribution in [3.63, 3.8) is 0 Å². The molecule has 1 aromatic heterocycles. The molecule has 1 heterocycles. The first-order valence-electron chi connectivity index (χ1n) is 9.12. The van der Waals surface area contributed by atoms with Gasteiger partial charge >= 0.3 is 0 Å². The number of hydrogen-bond donors (Lipinski definition) is 1. The molecule has 0 bridgehead atoms. The fourth-order valence-corrected chi connectivity index (χ4v) is 3.88. The smallest absolute Gasteiger partial charge is 0.224 e. The van der Waals surface area contributed by atoms with Gasteiger partial charge in [0, 0.05) is 11.7 Å². The van der Waals surface area contributed by atoms with Gasteiger partial charge in [-0.3, -0.25) is 4.79 Å². The van der Waals surface area contributed by atoms with Crippen molar-refractivity contribution in [2.45, 2.75) is 64.3 Å². The van der Waals surface area contributed by atoms with Crippen LogP contribution in [-0.4, -0.2) is 21.2 Å². The van der Waals surface area contributed by atoms with Crippen molar-refractivity contribution >= 4 is 17.5 Å². The Labute approximate surface area is 154 Å². The van der Waals surface area contributed by atoms with E-state index in [-0.39, 0.29) is 11.4 Å². The van der Waals surface area contributed by atoms with Crippen LogP contribution in [0.1, 0.15) is 56.6 Å². The van der Waals surface area contributed by atoms with Crippen molar-refractivity contribution in [2.75, 3.05) is 0 Å². The highest BCUT2D eigenvalue weighted by molar-refractivity contribution is 6.30. The minimum absolute atomic E-state index is 0.00361. The van der Waals surface area contributed by atoms with Crippen molar-refractivity contribution in [1.29, 1.82) is 0 Å². The van der Waals surface area contributed by atoms with Crippen LogP contribution in [0.2, 0.25) is 5.02 Å². The number of amides is 1. The number of hydrogen-bond acceptors (Lipinski definition) is 2. The summed E-state index contributed by atoms with van der Waals surface area (Å²) in [5.74, 6) is 0.113. The number of benzene rings is 1. The fourth-order valence-electron chi connectivity index (χ4n) is 3.74. The number of aromatic nitrogens is 2. The van der Waals surface area contributed by atoms with Crippen LogP contribution in [-0.2, 0) is 11.2 Å².